The van der Waals surface area contributed by atoms with Crippen LogP contribution in [0.15, 0.2) is 0 Å². The fourth-order valence-electron chi connectivity index (χ4n) is 1.39. The SMILES string of the molecule is C#CP(=O)(C(C)(C)C)C(C)(C)C. The minimum absolute atomic E-state index is 0.292. The van der Waals surface area contributed by atoms with Gasteiger partial charge >= 0.3 is 0 Å². The molecule has 0 unspecified atom stereocenters. The van der Waals surface area contributed by atoms with Crippen LogP contribution in [0.25, 0.3) is 0 Å². The molecule has 0 aliphatic rings. The summed E-state index contributed by atoms with van der Waals surface area (Å²) in [6.45, 7) is 11.7. The van der Waals surface area contributed by atoms with Crippen molar-refractivity contribution in [1.29, 1.82) is 0 Å². The molecule has 0 bridgehead atoms. The van der Waals surface area contributed by atoms with Gasteiger partial charge in [0.05, 0.1) is 0 Å². The summed E-state index contributed by atoms with van der Waals surface area (Å²) < 4.78 is 12.4. The zero-order valence-corrected chi connectivity index (χ0v) is 9.83. The van der Waals surface area contributed by atoms with E-state index in [4.69, 9.17) is 6.42 Å². The van der Waals surface area contributed by atoms with Crippen LogP contribution in [0.4, 0.5) is 0 Å². The Kier molecular flexibility index (Phi) is 2.88. The van der Waals surface area contributed by atoms with E-state index in [0.29, 0.717) is 0 Å². The Morgan fingerprint density at radius 3 is 1.25 bits per heavy atom. The molecule has 0 aromatic carbocycles. The largest absolute Gasteiger partial charge is 0.309 e. The molecular weight excluding hydrogens is 167 g/mol. The second-order valence-electron chi connectivity index (χ2n) is 5.08. The Labute approximate surface area is 76.3 Å². The third-order valence-corrected chi connectivity index (χ3v) is 6.21. The van der Waals surface area contributed by atoms with E-state index in [1.54, 1.807) is 0 Å². The predicted molar refractivity (Wildman–Crippen MR) is 55.9 cm³/mol. The van der Waals surface area contributed by atoms with Crippen molar-refractivity contribution in [1.82, 2.24) is 0 Å². The third-order valence-electron chi connectivity index (χ3n) is 2.07. The van der Waals surface area contributed by atoms with Gasteiger partial charge in [0.15, 0.2) is 7.14 Å². The van der Waals surface area contributed by atoms with E-state index in [2.05, 4.69) is 5.66 Å². The van der Waals surface area contributed by atoms with Gasteiger partial charge in [-0.1, -0.05) is 41.5 Å². The summed E-state index contributed by atoms with van der Waals surface area (Å²) in [5.74, 6) is 0. The fraction of sp³-hybridized carbons (Fsp3) is 0.800. The van der Waals surface area contributed by atoms with Gasteiger partial charge < -0.3 is 4.57 Å². The van der Waals surface area contributed by atoms with Gasteiger partial charge in [0.25, 0.3) is 0 Å². The molecule has 2 heteroatoms. The lowest BCUT2D eigenvalue weighted by Gasteiger charge is -2.36. The van der Waals surface area contributed by atoms with E-state index in [9.17, 15) is 4.57 Å². The summed E-state index contributed by atoms with van der Waals surface area (Å²) in [4.78, 5) is 0. The van der Waals surface area contributed by atoms with Gasteiger partial charge in [0.1, 0.15) is 0 Å². The second kappa shape index (κ2) is 2.93. The zero-order valence-electron chi connectivity index (χ0n) is 8.93. The first-order chi connectivity index (χ1) is 5.06. The minimum Gasteiger partial charge on any atom is -0.309 e. The lowest BCUT2D eigenvalue weighted by atomic mass is 10.2. The van der Waals surface area contributed by atoms with Crippen LogP contribution in [-0.4, -0.2) is 10.3 Å². The molecule has 0 saturated carbocycles. The van der Waals surface area contributed by atoms with E-state index in [1.807, 2.05) is 41.5 Å². The molecule has 0 aliphatic heterocycles. The standard InChI is InChI=1S/C10H19OP/c1-8-12(11,9(2,3)4)10(5,6)7/h1H,2-7H3. The summed E-state index contributed by atoms with van der Waals surface area (Å²) in [6, 6.07) is 0. The Bertz CT molecular complexity index is 226. The van der Waals surface area contributed by atoms with Crippen molar-refractivity contribution in [2.24, 2.45) is 0 Å². The highest BCUT2D eigenvalue weighted by molar-refractivity contribution is 7.71. The first-order valence-corrected chi connectivity index (χ1v) is 5.85. The quantitative estimate of drug-likeness (QED) is 0.417. The molecule has 0 fully saturated rings. The van der Waals surface area contributed by atoms with E-state index >= 15 is 0 Å². The molecule has 0 N–H and O–H groups in total. The van der Waals surface area contributed by atoms with Crippen molar-refractivity contribution in [3.8, 4) is 12.1 Å². The molecule has 0 aromatic rings. The van der Waals surface area contributed by atoms with Gasteiger partial charge in [-0.3, -0.25) is 0 Å². The summed E-state index contributed by atoms with van der Waals surface area (Å²) in [7, 11) is -2.54. The molecule has 0 radical (unpaired) electrons. The highest BCUT2D eigenvalue weighted by atomic mass is 31.2. The number of hydrogen-bond donors (Lipinski definition) is 0. The molecule has 1 nitrogen and oxygen atoms in total. The van der Waals surface area contributed by atoms with Gasteiger partial charge in [-0.15, -0.1) is 6.42 Å². The number of hydrogen-bond acceptors (Lipinski definition) is 1. The van der Waals surface area contributed by atoms with Crippen molar-refractivity contribution in [3.05, 3.63) is 0 Å². The zero-order chi connectivity index (χ0) is 10.2. The van der Waals surface area contributed by atoms with Crippen LogP contribution in [0.2, 0.25) is 0 Å². The van der Waals surface area contributed by atoms with Gasteiger partial charge in [0, 0.05) is 10.3 Å². The number of terminal acetylenes is 1. The maximum Gasteiger partial charge on any atom is 0.164 e. The first-order valence-electron chi connectivity index (χ1n) is 4.14. The monoisotopic (exact) mass is 186 g/mol. The van der Waals surface area contributed by atoms with Crippen LogP contribution in [0.1, 0.15) is 41.5 Å². The summed E-state index contributed by atoms with van der Waals surface area (Å²) >= 11 is 0. The summed E-state index contributed by atoms with van der Waals surface area (Å²) in [5, 5.41) is -0.583. The van der Waals surface area contributed by atoms with Crippen LogP contribution in [-0.2, 0) is 4.57 Å². The van der Waals surface area contributed by atoms with Crippen molar-refractivity contribution in [2.45, 2.75) is 51.9 Å². The van der Waals surface area contributed by atoms with Crippen LogP contribution in [0.5, 0.6) is 0 Å². The summed E-state index contributed by atoms with van der Waals surface area (Å²) in [5.41, 5.74) is 2.51. The lowest BCUT2D eigenvalue weighted by molar-refractivity contribution is 0.528. The van der Waals surface area contributed by atoms with E-state index in [0.717, 1.165) is 0 Å². The van der Waals surface area contributed by atoms with Gasteiger partial charge in [-0.25, -0.2) is 0 Å². The molecular formula is C10H19OP. The van der Waals surface area contributed by atoms with Crippen LogP contribution in [0.3, 0.4) is 0 Å². The molecule has 0 heterocycles. The number of rotatable bonds is 0. The second-order valence-corrected chi connectivity index (χ2v) is 9.24. The molecule has 70 valence electrons. The maximum atomic E-state index is 12.4. The normalized spacial score (nSPS) is 14.1. The third kappa shape index (κ3) is 1.75. The van der Waals surface area contributed by atoms with E-state index < -0.39 is 7.14 Å². The fourth-order valence-corrected chi connectivity index (χ4v) is 4.18. The molecule has 0 aliphatic carbocycles. The Hall–Kier alpha value is -0.210. The maximum absolute atomic E-state index is 12.4. The molecule has 12 heavy (non-hydrogen) atoms. The highest BCUT2D eigenvalue weighted by Gasteiger charge is 2.44. The van der Waals surface area contributed by atoms with E-state index in [1.165, 1.54) is 0 Å². The lowest BCUT2D eigenvalue weighted by Crippen LogP contribution is -2.27. The molecule has 0 atom stereocenters. The van der Waals surface area contributed by atoms with Gasteiger partial charge in [-0.05, 0) is 5.66 Å². The summed E-state index contributed by atoms with van der Waals surface area (Å²) in [6.07, 6.45) is 5.37. The molecule has 0 rings (SSSR count). The average Bonchev–Trinajstić information content (AvgIpc) is 1.81. The Morgan fingerprint density at radius 1 is 1.00 bits per heavy atom. The Balaban J connectivity index is 5.31. The van der Waals surface area contributed by atoms with Gasteiger partial charge in [-0.2, -0.15) is 0 Å². The van der Waals surface area contributed by atoms with Crippen molar-refractivity contribution < 1.29 is 4.57 Å². The van der Waals surface area contributed by atoms with Crippen molar-refractivity contribution in [2.75, 3.05) is 0 Å². The van der Waals surface area contributed by atoms with E-state index in [-0.39, 0.29) is 10.3 Å². The van der Waals surface area contributed by atoms with Crippen LogP contribution in [0, 0.1) is 12.1 Å². The van der Waals surface area contributed by atoms with Gasteiger partial charge in [0.2, 0.25) is 0 Å². The smallest absolute Gasteiger partial charge is 0.164 e. The molecule has 0 aromatic heterocycles. The molecule has 0 spiro atoms. The topological polar surface area (TPSA) is 17.1 Å². The molecule has 0 saturated heterocycles. The average molecular weight is 186 g/mol. The van der Waals surface area contributed by atoms with Crippen molar-refractivity contribution in [3.63, 3.8) is 0 Å². The Morgan fingerprint density at radius 2 is 1.25 bits per heavy atom. The highest BCUT2D eigenvalue weighted by Crippen LogP contribution is 2.65. The van der Waals surface area contributed by atoms with Crippen LogP contribution < -0.4 is 0 Å². The predicted octanol–water partition coefficient (Wildman–Crippen LogP) is 3.54. The minimum atomic E-state index is -2.54. The first kappa shape index (κ1) is 11.8. The van der Waals surface area contributed by atoms with Crippen LogP contribution >= 0.6 is 7.14 Å². The van der Waals surface area contributed by atoms with Crippen molar-refractivity contribution >= 4 is 7.14 Å². The molecule has 0 amide bonds.